The van der Waals surface area contributed by atoms with Gasteiger partial charge >= 0.3 is 0 Å². The van der Waals surface area contributed by atoms with Gasteiger partial charge in [0, 0.05) is 12.2 Å². The van der Waals surface area contributed by atoms with E-state index in [9.17, 15) is 14.4 Å². The largest absolute Gasteiger partial charge is 0.464 e. The Bertz CT molecular complexity index is 1430. The zero-order valence-corrected chi connectivity index (χ0v) is 21.2. The van der Waals surface area contributed by atoms with Crippen LogP contribution in [-0.4, -0.2) is 22.1 Å². The third kappa shape index (κ3) is 5.39. The molecule has 0 aliphatic carbocycles. The molecule has 0 saturated carbocycles. The summed E-state index contributed by atoms with van der Waals surface area (Å²) in [4.78, 5) is 41.0. The van der Waals surface area contributed by atoms with Crippen molar-refractivity contribution in [2.75, 3.05) is 10.6 Å². The van der Waals surface area contributed by atoms with E-state index >= 15 is 0 Å². The normalized spacial score (nSPS) is 11.6. The summed E-state index contributed by atoms with van der Waals surface area (Å²) in [6.45, 7) is 3.96. The van der Waals surface area contributed by atoms with Crippen molar-refractivity contribution in [3.63, 3.8) is 0 Å². The molecule has 9 nitrogen and oxygen atoms in total. The Morgan fingerprint density at radius 2 is 1.76 bits per heavy atom. The highest BCUT2D eigenvalue weighted by Gasteiger charge is 2.38. The number of anilines is 2. The standard InChI is InChI=1S/C27H27N5O4S/c1-3-18-11-7-8-12-19(18)32(27(35)24-21(28)22(25(29)33)31-37-24)23(20-14-13-16(2)36-20)26(34)30-15-17-9-5-4-6-10-17/h4-14,23H,3,15,28H2,1-2H3,(H2,29,33)(H,30,34)/t23-/m0/s1. The van der Waals surface area contributed by atoms with E-state index in [-0.39, 0.29) is 28.6 Å². The zero-order chi connectivity index (χ0) is 26.5. The van der Waals surface area contributed by atoms with Gasteiger partial charge in [-0.15, -0.1) is 0 Å². The monoisotopic (exact) mass is 517 g/mol. The molecule has 10 heteroatoms. The van der Waals surface area contributed by atoms with Crippen LogP contribution in [0.25, 0.3) is 0 Å². The molecule has 0 saturated heterocycles. The maximum atomic E-state index is 14.1. The summed E-state index contributed by atoms with van der Waals surface area (Å²) >= 11 is 0.759. The Balaban J connectivity index is 1.84. The lowest BCUT2D eigenvalue weighted by Crippen LogP contribution is -2.44. The minimum absolute atomic E-state index is 0.00356. The van der Waals surface area contributed by atoms with Gasteiger partial charge in [0.15, 0.2) is 11.7 Å². The first kappa shape index (κ1) is 25.6. The highest BCUT2D eigenvalue weighted by atomic mass is 32.1. The van der Waals surface area contributed by atoms with E-state index in [2.05, 4.69) is 9.69 Å². The quantitative estimate of drug-likeness (QED) is 0.306. The number of hydrogen-bond donors (Lipinski definition) is 3. The first-order chi connectivity index (χ1) is 17.8. The summed E-state index contributed by atoms with van der Waals surface area (Å²) in [6.07, 6.45) is 0.597. The zero-order valence-electron chi connectivity index (χ0n) is 20.4. The van der Waals surface area contributed by atoms with Crippen molar-refractivity contribution in [2.24, 2.45) is 5.73 Å². The third-order valence-electron chi connectivity index (χ3n) is 5.85. The Morgan fingerprint density at radius 1 is 1.05 bits per heavy atom. The molecule has 1 atom stereocenters. The van der Waals surface area contributed by atoms with Crippen LogP contribution in [0.4, 0.5) is 11.4 Å². The van der Waals surface area contributed by atoms with Crippen LogP contribution in [0.15, 0.2) is 71.1 Å². The van der Waals surface area contributed by atoms with Gasteiger partial charge in [-0.05, 0) is 54.2 Å². The SMILES string of the molecule is CCc1ccccc1N(C(=O)c1snc(C(N)=O)c1N)[C@H](C(=O)NCc1ccccc1)c1ccc(C)o1. The molecule has 2 aromatic carbocycles. The maximum absolute atomic E-state index is 14.1. The number of primary amides is 1. The summed E-state index contributed by atoms with van der Waals surface area (Å²) < 4.78 is 9.86. The van der Waals surface area contributed by atoms with Crippen molar-refractivity contribution in [3.8, 4) is 0 Å². The second kappa shape index (κ2) is 11.1. The number of carbonyl (C=O) groups is 3. The third-order valence-corrected chi connectivity index (χ3v) is 6.70. The predicted molar refractivity (Wildman–Crippen MR) is 142 cm³/mol. The van der Waals surface area contributed by atoms with E-state index in [4.69, 9.17) is 15.9 Å². The Morgan fingerprint density at radius 3 is 2.38 bits per heavy atom. The fourth-order valence-electron chi connectivity index (χ4n) is 4.00. The lowest BCUT2D eigenvalue weighted by atomic mass is 10.0. The molecule has 4 rings (SSSR count). The van der Waals surface area contributed by atoms with Crippen LogP contribution in [0, 0.1) is 6.92 Å². The van der Waals surface area contributed by atoms with Crippen molar-refractivity contribution >= 4 is 40.6 Å². The summed E-state index contributed by atoms with van der Waals surface area (Å²) in [5, 5.41) is 2.93. The van der Waals surface area contributed by atoms with E-state index in [0.717, 1.165) is 22.7 Å². The van der Waals surface area contributed by atoms with Crippen molar-refractivity contribution in [2.45, 2.75) is 32.9 Å². The minimum atomic E-state index is -1.17. The van der Waals surface area contributed by atoms with E-state index in [1.807, 2.05) is 49.4 Å². The number of para-hydroxylation sites is 1. The number of nitrogen functional groups attached to an aromatic ring is 1. The number of hydrogen-bond acceptors (Lipinski definition) is 7. The number of aromatic nitrogens is 1. The molecule has 0 fully saturated rings. The molecular formula is C27H27N5O4S. The Kier molecular flexibility index (Phi) is 7.69. The van der Waals surface area contributed by atoms with E-state index in [1.165, 1.54) is 4.90 Å². The minimum Gasteiger partial charge on any atom is -0.464 e. The predicted octanol–water partition coefficient (Wildman–Crippen LogP) is 3.99. The Hall–Kier alpha value is -4.44. The van der Waals surface area contributed by atoms with Crippen LogP contribution in [0.1, 0.15) is 55.8 Å². The van der Waals surface area contributed by atoms with Gasteiger partial charge in [0.05, 0.1) is 5.69 Å². The number of furan rings is 1. The van der Waals surface area contributed by atoms with Crippen molar-refractivity contribution in [1.29, 1.82) is 0 Å². The second-order valence-electron chi connectivity index (χ2n) is 8.35. The van der Waals surface area contributed by atoms with E-state index < -0.39 is 23.8 Å². The molecule has 0 spiro atoms. The van der Waals surface area contributed by atoms with Crippen LogP contribution >= 0.6 is 11.5 Å². The van der Waals surface area contributed by atoms with E-state index in [0.29, 0.717) is 17.9 Å². The summed E-state index contributed by atoms with van der Waals surface area (Å²) in [7, 11) is 0. The van der Waals surface area contributed by atoms with E-state index in [1.54, 1.807) is 31.2 Å². The molecular weight excluding hydrogens is 490 g/mol. The van der Waals surface area contributed by atoms with Crippen molar-refractivity contribution < 1.29 is 18.8 Å². The fourth-order valence-corrected chi connectivity index (χ4v) is 4.75. The van der Waals surface area contributed by atoms with Gasteiger partial charge in [-0.25, -0.2) is 0 Å². The van der Waals surface area contributed by atoms with Crippen LogP contribution in [0.2, 0.25) is 0 Å². The van der Waals surface area contributed by atoms with Gasteiger partial charge in [-0.3, -0.25) is 19.3 Å². The summed E-state index contributed by atoms with van der Waals surface area (Å²) in [5.41, 5.74) is 13.4. The number of nitrogens with two attached hydrogens (primary N) is 2. The molecule has 2 aromatic heterocycles. The molecule has 5 N–H and O–H groups in total. The van der Waals surface area contributed by atoms with Crippen LogP contribution < -0.4 is 21.7 Å². The molecule has 2 heterocycles. The van der Waals surface area contributed by atoms with Gasteiger partial charge < -0.3 is 21.2 Å². The fraction of sp³-hybridized carbons (Fsp3) is 0.185. The lowest BCUT2D eigenvalue weighted by molar-refractivity contribution is -0.123. The molecule has 3 amide bonds. The number of nitrogens with zero attached hydrogens (tertiary/aromatic N) is 2. The Labute approximate surface area is 218 Å². The summed E-state index contributed by atoms with van der Waals surface area (Å²) in [6, 6.07) is 19.0. The van der Waals surface area contributed by atoms with Crippen LogP contribution in [-0.2, 0) is 17.8 Å². The number of nitrogens with one attached hydrogen (secondary N) is 1. The average molecular weight is 518 g/mol. The maximum Gasteiger partial charge on any atom is 0.273 e. The molecule has 37 heavy (non-hydrogen) atoms. The van der Waals surface area contributed by atoms with Gasteiger partial charge in [0.2, 0.25) is 0 Å². The second-order valence-corrected chi connectivity index (χ2v) is 9.12. The molecule has 0 bridgehead atoms. The number of rotatable bonds is 9. The van der Waals surface area contributed by atoms with Gasteiger partial charge in [0.25, 0.3) is 17.7 Å². The van der Waals surface area contributed by atoms with Crippen LogP contribution in [0.5, 0.6) is 0 Å². The molecule has 0 aliphatic rings. The molecule has 190 valence electrons. The first-order valence-electron chi connectivity index (χ1n) is 11.7. The smallest absolute Gasteiger partial charge is 0.273 e. The lowest BCUT2D eigenvalue weighted by Gasteiger charge is -2.31. The van der Waals surface area contributed by atoms with Gasteiger partial charge in [-0.2, -0.15) is 4.37 Å². The van der Waals surface area contributed by atoms with Crippen LogP contribution in [0.3, 0.4) is 0 Å². The van der Waals surface area contributed by atoms with Gasteiger partial charge in [-0.1, -0.05) is 55.5 Å². The molecule has 4 aromatic rings. The highest BCUT2D eigenvalue weighted by molar-refractivity contribution is 7.09. The van der Waals surface area contributed by atoms with Gasteiger partial charge in [0.1, 0.15) is 16.4 Å². The number of carbonyl (C=O) groups excluding carboxylic acids is 3. The number of amides is 3. The molecule has 0 unspecified atom stereocenters. The summed E-state index contributed by atoms with van der Waals surface area (Å²) in [5.74, 6) is -1.03. The highest BCUT2D eigenvalue weighted by Crippen LogP contribution is 2.35. The molecule has 0 radical (unpaired) electrons. The number of benzene rings is 2. The van der Waals surface area contributed by atoms with Crippen molar-refractivity contribution in [3.05, 3.63) is 99.9 Å². The number of aryl methyl sites for hydroxylation is 2. The molecule has 0 aliphatic heterocycles. The van der Waals surface area contributed by atoms with Crippen molar-refractivity contribution in [1.82, 2.24) is 9.69 Å². The first-order valence-corrected chi connectivity index (χ1v) is 12.4. The topological polar surface area (TPSA) is 145 Å². The average Bonchev–Trinajstić information content (AvgIpc) is 3.51.